The molecule has 2 aromatic carbocycles. The number of esters is 1. The maximum atomic E-state index is 12.9. The third-order valence-electron chi connectivity index (χ3n) is 4.29. The fraction of sp³-hybridized carbons (Fsp3) is 0.350. The first kappa shape index (κ1) is 21.6. The normalized spacial score (nSPS) is 16.2. The highest BCUT2D eigenvalue weighted by molar-refractivity contribution is 7.89. The van der Waals surface area contributed by atoms with Crippen LogP contribution >= 0.6 is 11.6 Å². The van der Waals surface area contributed by atoms with Gasteiger partial charge in [-0.25, -0.2) is 13.2 Å². The van der Waals surface area contributed by atoms with Crippen LogP contribution in [-0.2, 0) is 19.5 Å². The van der Waals surface area contributed by atoms with E-state index in [1.54, 1.807) is 19.1 Å². The molecule has 29 heavy (non-hydrogen) atoms. The van der Waals surface area contributed by atoms with Gasteiger partial charge in [-0.3, -0.25) is 0 Å². The van der Waals surface area contributed by atoms with Gasteiger partial charge in [0.1, 0.15) is 23.4 Å². The second-order valence-corrected chi connectivity index (χ2v) is 8.82. The fourth-order valence-electron chi connectivity index (χ4n) is 2.77. The Balaban J connectivity index is 1.68. The summed E-state index contributed by atoms with van der Waals surface area (Å²) in [6.45, 7) is 2.97. The molecule has 3 rings (SSSR count). The summed E-state index contributed by atoms with van der Waals surface area (Å²) in [5.41, 5.74) is 0.104. The molecule has 1 fully saturated rings. The first-order valence-electron chi connectivity index (χ1n) is 9.14. The predicted molar refractivity (Wildman–Crippen MR) is 108 cm³/mol. The van der Waals surface area contributed by atoms with E-state index in [0.717, 1.165) is 0 Å². The van der Waals surface area contributed by atoms with Gasteiger partial charge in [0.2, 0.25) is 10.0 Å². The molecular weight excluding hydrogens is 418 g/mol. The van der Waals surface area contributed by atoms with Crippen LogP contribution in [0.3, 0.4) is 0 Å². The summed E-state index contributed by atoms with van der Waals surface area (Å²) in [6.07, 6.45) is -0.530. The molecule has 1 saturated heterocycles. The van der Waals surface area contributed by atoms with E-state index in [1.165, 1.54) is 22.5 Å². The van der Waals surface area contributed by atoms with Crippen molar-refractivity contribution in [3.63, 3.8) is 0 Å². The van der Waals surface area contributed by atoms with Crippen molar-refractivity contribution in [2.45, 2.75) is 17.9 Å². The van der Waals surface area contributed by atoms with Gasteiger partial charge in [-0.15, -0.1) is 0 Å². The number of sulfonamides is 1. The van der Waals surface area contributed by atoms with E-state index in [2.05, 4.69) is 0 Å². The molecule has 7 nitrogen and oxygen atoms in total. The molecule has 1 aliphatic rings. The average molecular weight is 440 g/mol. The standard InChI is InChI=1S/C20H22ClNO6S/c1-15(14-27-17-5-3-2-4-6-17)28-20(23)16-7-8-18(21)19(13-16)29(24,25)22-9-11-26-12-10-22/h2-8,13,15H,9-12,14H2,1H3/t15-/m1/s1. The zero-order valence-corrected chi connectivity index (χ0v) is 17.5. The van der Waals surface area contributed by atoms with Crippen molar-refractivity contribution in [1.82, 2.24) is 4.31 Å². The first-order valence-corrected chi connectivity index (χ1v) is 11.0. The SMILES string of the molecule is C[C@H](COc1ccccc1)OC(=O)c1ccc(Cl)c(S(=O)(=O)N2CCOCC2)c1. The summed E-state index contributed by atoms with van der Waals surface area (Å²) in [7, 11) is -3.83. The maximum Gasteiger partial charge on any atom is 0.338 e. The highest BCUT2D eigenvalue weighted by Crippen LogP contribution is 2.27. The number of morpholine rings is 1. The Kier molecular flexibility index (Phi) is 7.13. The third-order valence-corrected chi connectivity index (χ3v) is 6.67. The molecule has 0 unspecified atom stereocenters. The van der Waals surface area contributed by atoms with E-state index < -0.39 is 22.1 Å². The summed E-state index contributed by atoms with van der Waals surface area (Å²) >= 11 is 6.12. The predicted octanol–water partition coefficient (Wildman–Crippen LogP) is 2.99. The number of para-hydroxylation sites is 1. The number of carbonyl (C=O) groups is 1. The van der Waals surface area contributed by atoms with Gasteiger partial charge in [0.05, 0.1) is 23.8 Å². The van der Waals surface area contributed by atoms with E-state index in [0.29, 0.717) is 19.0 Å². The lowest BCUT2D eigenvalue weighted by Gasteiger charge is -2.26. The van der Waals surface area contributed by atoms with Crippen LogP contribution in [0, 0.1) is 0 Å². The van der Waals surface area contributed by atoms with Crippen molar-refractivity contribution >= 4 is 27.6 Å². The lowest BCUT2D eigenvalue weighted by Crippen LogP contribution is -2.40. The van der Waals surface area contributed by atoms with Crippen LogP contribution < -0.4 is 4.74 Å². The van der Waals surface area contributed by atoms with Crippen LogP contribution in [0.1, 0.15) is 17.3 Å². The van der Waals surface area contributed by atoms with Gasteiger partial charge in [-0.1, -0.05) is 29.8 Å². The molecule has 0 aliphatic carbocycles. The zero-order valence-electron chi connectivity index (χ0n) is 15.9. The Morgan fingerprint density at radius 3 is 2.55 bits per heavy atom. The number of halogens is 1. The zero-order chi connectivity index (χ0) is 20.9. The van der Waals surface area contributed by atoms with Gasteiger partial charge in [-0.05, 0) is 37.3 Å². The Morgan fingerprint density at radius 1 is 1.17 bits per heavy atom. The Morgan fingerprint density at radius 2 is 1.86 bits per heavy atom. The molecule has 0 N–H and O–H groups in total. The second-order valence-electron chi connectivity index (χ2n) is 6.50. The summed E-state index contributed by atoms with van der Waals surface area (Å²) < 4.78 is 43.2. The smallest absolute Gasteiger partial charge is 0.338 e. The molecular formula is C20H22ClNO6S. The number of nitrogens with zero attached hydrogens (tertiary/aromatic N) is 1. The van der Waals surface area contributed by atoms with Crippen LogP contribution in [-0.4, -0.2) is 57.7 Å². The van der Waals surface area contributed by atoms with E-state index in [9.17, 15) is 13.2 Å². The molecule has 156 valence electrons. The van der Waals surface area contributed by atoms with Crippen LogP contribution in [0.5, 0.6) is 5.75 Å². The highest BCUT2D eigenvalue weighted by atomic mass is 35.5. The average Bonchev–Trinajstić information content (AvgIpc) is 2.73. The van der Waals surface area contributed by atoms with Crippen LogP contribution in [0.15, 0.2) is 53.4 Å². The van der Waals surface area contributed by atoms with E-state index >= 15 is 0 Å². The molecule has 9 heteroatoms. The highest BCUT2D eigenvalue weighted by Gasteiger charge is 2.29. The third kappa shape index (κ3) is 5.48. The lowest BCUT2D eigenvalue weighted by atomic mass is 10.2. The molecule has 0 saturated carbocycles. The summed E-state index contributed by atoms with van der Waals surface area (Å²) in [6, 6.07) is 13.2. The van der Waals surface area contributed by atoms with E-state index in [-0.39, 0.29) is 35.2 Å². The first-order chi connectivity index (χ1) is 13.9. The van der Waals surface area contributed by atoms with Crippen molar-refractivity contribution in [3.8, 4) is 5.75 Å². The van der Waals surface area contributed by atoms with E-state index in [4.69, 9.17) is 25.8 Å². The quantitative estimate of drug-likeness (QED) is 0.617. The van der Waals surface area contributed by atoms with Crippen molar-refractivity contribution in [2.24, 2.45) is 0 Å². The number of hydrogen-bond acceptors (Lipinski definition) is 6. The number of benzene rings is 2. The molecule has 0 amide bonds. The number of hydrogen-bond donors (Lipinski definition) is 0. The fourth-order valence-corrected chi connectivity index (χ4v) is 4.68. The van der Waals surface area contributed by atoms with Crippen molar-refractivity contribution < 1.29 is 27.4 Å². The largest absolute Gasteiger partial charge is 0.490 e. The van der Waals surface area contributed by atoms with Gasteiger partial charge in [0.15, 0.2) is 0 Å². The van der Waals surface area contributed by atoms with E-state index in [1.807, 2.05) is 18.2 Å². The molecule has 2 aromatic rings. The van der Waals surface area contributed by atoms with Gasteiger partial charge in [-0.2, -0.15) is 4.31 Å². The molecule has 0 aromatic heterocycles. The number of rotatable bonds is 7. The Labute approximate surface area is 175 Å². The lowest BCUT2D eigenvalue weighted by molar-refractivity contribution is 0.0228. The Hall–Kier alpha value is -2.13. The molecule has 1 aliphatic heterocycles. The minimum Gasteiger partial charge on any atom is -0.490 e. The minimum absolute atomic E-state index is 0.0495. The minimum atomic E-state index is -3.83. The van der Waals surface area contributed by atoms with Gasteiger partial charge < -0.3 is 14.2 Å². The van der Waals surface area contributed by atoms with Gasteiger partial charge in [0, 0.05) is 13.1 Å². The molecule has 0 spiro atoms. The molecule has 1 heterocycles. The monoisotopic (exact) mass is 439 g/mol. The van der Waals surface area contributed by atoms with Crippen LogP contribution in [0.25, 0.3) is 0 Å². The number of carbonyl (C=O) groups excluding carboxylic acids is 1. The Bertz CT molecular complexity index is 945. The van der Waals surface area contributed by atoms with Gasteiger partial charge in [0.25, 0.3) is 0 Å². The topological polar surface area (TPSA) is 82.1 Å². The molecule has 0 bridgehead atoms. The van der Waals surface area contributed by atoms with Crippen molar-refractivity contribution in [2.75, 3.05) is 32.9 Å². The molecule has 1 atom stereocenters. The maximum absolute atomic E-state index is 12.9. The van der Waals surface area contributed by atoms with Gasteiger partial charge >= 0.3 is 5.97 Å². The van der Waals surface area contributed by atoms with Crippen LogP contribution in [0.4, 0.5) is 0 Å². The summed E-state index contributed by atoms with van der Waals surface area (Å²) in [5, 5.41) is 0.0495. The van der Waals surface area contributed by atoms with Crippen molar-refractivity contribution in [1.29, 1.82) is 0 Å². The second kappa shape index (κ2) is 9.58. The van der Waals surface area contributed by atoms with Crippen LogP contribution in [0.2, 0.25) is 5.02 Å². The summed E-state index contributed by atoms with van der Waals surface area (Å²) in [4.78, 5) is 12.4. The molecule has 0 radical (unpaired) electrons. The summed E-state index contributed by atoms with van der Waals surface area (Å²) in [5.74, 6) is 0.0186. The van der Waals surface area contributed by atoms with Crippen molar-refractivity contribution in [3.05, 3.63) is 59.1 Å². The number of ether oxygens (including phenoxy) is 3.